The van der Waals surface area contributed by atoms with E-state index < -0.39 is 0 Å². The Hall–Kier alpha value is -4.30. The predicted octanol–water partition coefficient (Wildman–Crippen LogP) is 9.28. The third-order valence-electron chi connectivity index (χ3n) is 7.30. The fourth-order valence-electron chi connectivity index (χ4n) is 5.35. The largest absolute Gasteiger partial charge is 0.358 e. The first-order valence-corrected chi connectivity index (χ1v) is 14.9. The minimum Gasteiger partial charge on any atom is -0.358 e. The lowest BCUT2D eigenvalue weighted by Gasteiger charge is -2.16. The van der Waals surface area contributed by atoms with Crippen LogP contribution < -0.4 is 5.32 Å². The number of aryl methyl sites for hydroxylation is 1. The van der Waals surface area contributed by atoms with E-state index in [-0.39, 0.29) is 5.82 Å². The molecule has 1 aliphatic carbocycles. The standard InChI is InChI=1S/C31H29FN6S.C2H6/c1-4-8-24(26-11-7-14-39-26)29-19(3)35-31(36-29)30-27-25(37-38-30)13-12-23(28(27)32)21-15-22(17-33-16-21)34-18(2)20-9-5-6-10-20;1-2/h4,7-8,11-17,20,34H,1-2,5-6,9-10H2,3H3,(H,35,36)(H,37,38);1-2H3/b24-8-;. The van der Waals surface area contributed by atoms with Crippen LogP contribution in [0.5, 0.6) is 0 Å². The Labute approximate surface area is 244 Å². The van der Waals surface area contributed by atoms with Crippen molar-refractivity contribution in [3.63, 3.8) is 0 Å². The molecule has 41 heavy (non-hydrogen) atoms. The van der Waals surface area contributed by atoms with Crippen LogP contribution in [0.15, 0.2) is 79.1 Å². The van der Waals surface area contributed by atoms with Gasteiger partial charge in [-0.15, -0.1) is 11.3 Å². The van der Waals surface area contributed by atoms with Crippen molar-refractivity contribution < 1.29 is 4.39 Å². The highest BCUT2D eigenvalue weighted by Gasteiger charge is 2.22. The molecule has 0 amide bonds. The van der Waals surface area contributed by atoms with Gasteiger partial charge < -0.3 is 10.3 Å². The second-order valence-corrected chi connectivity index (χ2v) is 10.8. The topological polar surface area (TPSA) is 82.3 Å². The van der Waals surface area contributed by atoms with Crippen molar-refractivity contribution in [3.8, 4) is 22.6 Å². The first kappa shape index (κ1) is 28.2. The molecule has 0 spiro atoms. The first-order chi connectivity index (χ1) is 20.0. The maximum Gasteiger partial charge on any atom is 0.159 e. The number of imidazole rings is 1. The van der Waals surface area contributed by atoms with Gasteiger partial charge in [0.2, 0.25) is 0 Å². The molecular weight excluding hydrogens is 531 g/mol. The third kappa shape index (κ3) is 5.65. The molecule has 0 saturated heterocycles. The molecule has 6 nitrogen and oxygen atoms in total. The van der Waals surface area contributed by atoms with Gasteiger partial charge >= 0.3 is 0 Å². The summed E-state index contributed by atoms with van der Waals surface area (Å²) in [7, 11) is 0. The SMILES string of the molecule is C=C/C=C(/c1cccs1)c1nc(-c2n[nH]c3ccc(-c4cncc(NC(=C)C5CCCC5)c4)c(F)c23)[nH]c1C.CC. The van der Waals surface area contributed by atoms with E-state index in [4.69, 9.17) is 4.98 Å². The number of benzene rings is 1. The number of pyridine rings is 1. The minimum atomic E-state index is -0.375. The zero-order chi connectivity index (χ0) is 28.9. The van der Waals surface area contributed by atoms with Crippen molar-refractivity contribution in [1.82, 2.24) is 25.1 Å². The first-order valence-electron chi connectivity index (χ1n) is 14.0. The number of aromatic nitrogens is 5. The van der Waals surface area contributed by atoms with Crippen LogP contribution in [-0.2, 0) is 0 Å². The highest BCUT2D eigenvalue weighted by Crippen LogP contribution is 2.36. The summed E-state index contributed by atoms with van der Waals surface area (Å²) in [5.41, 5.74) is 6.55. The zero-order valence-electron chi connectivity index (χ0n) is 23.7. The average Bonchev–Trinajstić information content (AvgIpc) is 3.80. The fraction of sp³-hybridized carbons (Fsp3) is 0.242. The van der Waals surface area contributed by atoms with Crippen LogP contribution in [0.4, 0.5) is 10.1 Å². The Morgan fingerprint density at radius 3 is 2.71 bits per heavy atom. The third-order valence-corrected chi connectivity index (χ3v) is 8.21. The van der Waals surface area contributed by atoms with Gasteiger partial charge in [0, 0.05) is 39.2 Å². The van der Waals surface area contributed by atoms with E-state index in [1.165, 1.54) is 12.8 Å². The molecule has 0 aliphatic heterocycles. The second kappa shape index (κ2) is 12.5. The van der Waals surface area contributed by atoms with Crippen LogP contribution >= 0.6 is 11.3 Å². The van der Waals surface area contributed by atoms with E-state index in [1.54, 1.807) is 35.9 Å². The minimum absolute atomic E-state index is 0.375. The van der Waals surface area contributed by atoms with E-state index in [0.29, 0.717) is 39.5 Å². The number of halogens is 1. The summed E-state index contributed by atoms with van der Waals surface area (Å²) >= 11 is 1.63. The summed E-state index contributed by atoms with van der Waals surface area (Å²) in [6.07, 6.45) is 11.9. The highest BCUT2D eigenvalue weighted by atomic mass is 32.1. The molecule has 0 radical (unpaired) electrons. The quantitative estimate of drug-likeness (QED) is 0.163. The Kier molecular flexibility index (Phi) is 8.59. The molecule has 1 aromatic carbocycles. The predicted molar refractivity (Wildman–Crippen MR) is 169 cm³/mol. The van der Waals surface area contributed by atoms with Crippen LogP contribution in [0.3, 0.4) is 0 Å². The number of nitrogens with zero attached hydrogens (tertiary/aromatic N) is 3. The molecule has 1 saturated carbocycles. The molecule has 4 aromatic heterocycles. The average molecular weight is 567 g/mol. The molecule has 5 aromatic rings. The number of anilines is 1. The van der Waals surface area contributed by atoms with Gasteiger partial charge in [-0.1, -0.05) is 58.1 Å². The summed E-state index contributed by atoms with van der Waals surface area (Å²) in [5, 5.41) is 13.2. The Morgan fingerprint density at radius 1 is 1.17 bits per heavy atom. The second-order valence-electron chi connectivity index (χ2n) is 9.87. The van der Waals surface area contributed by atoms with Gasteiger partial charge in [0.1, 0.15) is 11.5 Å². The summed E-state index contributed by atoms with van der Waals surface area (Å²) in [5.74, 6) is 0.594. The normalized spacial score (nSPS) is 13.7. The molecule has 1 fully saturated rings. The lowest BCUT2D eigenvalue weighted by atomic mass is 10.0. The van der Waals surface area contributed by atoms with Crippen molar-refractivity contribution >= 4 is 33.5 Å². The highest BCUT2D eigenvalue weighted by molar-refractivity contribution is 7.11. The summed E-state index contributed by atoms with van der Waals surface area (Å²) in [6, 6.07) is 9.56. The molecule has 0 atom stereocenters. The number of fused-ring (bicyclic) bond motifs is 1. The number of hydrogen-bond acceptors (Lipinski definition) is 5. The molecule has 6 rings (SSSR count). The van der Waals surface area contributed by atoms with Crippen LogP contribution in [0, 0.1) is 18.7 Å². The molecule has 4 heterocycles. The summed E-state index contributed by atoms with van der Waals surface area (Å²) in [4.78, 5) is 13.6. The van der Waals surface area contributed by atoms with Crippen LogP contribution in [0.2, 0.25) is 0 Å². The fourth-order valence-corrected chi connectivity index (χ4v) is 6.10. The number of aromatic amines is 2. The number of H-pyrrole nitrogens is 2. The molecule has 3 N–H and O–H groups in total. The van der Waals surface area contributed by atoms with Gasteiger partial charge in [-0.2, -0.15) is 5.10 Å². The molecule has 210 valence electrons. The Bertz CT molecular complexity index is 1700. The van der Waals surface area contributed by atoms with Gasteiger partial charge in [0.05, 0.1) is 28.5 Å². The van der Waals surface area contributed by atoms with Gasteiger partial charge in [0.25, 0.3) is 0 Å². The van der Waals surface area contributed by atoms with Gasteiger partial charge in [-0.3, -0.25) is 10.1 Å². The maximum atomic E-state index is 16.2. The van der Waals surface area contributed by atoms with Gasteiger partial charge in [-0.25, -0.2) is 9.37 Å². The van der Waals surface area contributed by atoms with E-state index in [9.17, 15) is 0 Å². The van der Waals surface area contributed by atoms with E-state index in [1.807, 2.05) is 56.5 Å². The number of allylic oxidation sites excluding steroid dienone is 3. The van der Waals surface area contributed by atoms with E-state index in [0.717, 1.165) is 46.1 Å². The molecule has 1 aliphatic rings. The lowest BCUT2D eigenvalue weighted by Crippen LogP contribution is -2.07. The lowest BCUT2D eigenvalue weighted by molar-refractivity contribution is 0.643. The molecule has 0 unspecified atom stereocenters. The van der Waals surface area contributed by atoms with Crippen LogP contribution in [-0.4, -0.2) is 25.1 Å². The Morgan fingerprint density at radius 2 is 1.98 bits per heavy atom. The smallest absolute Gasteiger partial charge is 0.159 e. The molecule has 0 bridgehead atoms. The summed E-state index contributed by atoms with van der Waals surface area (Å²) < 4.78 is 16.2. The summed E-state index contributed by atoms with van der Waals surface area (Å²) in [6.45, 7) is 14.1. The maximum absolute atomic E-state index is 16.2. The van der Waals surface area contributed by atoms with Crippen molar-refractivity contribution in [2.45, 2.75) is 46.5 Å². The van der Waals surface area contributed by atoms with Crippen molar-refractivity contribution in [2.75, 3.05) is 5.32 Å². The monoisotopic (exact) mass is 566 g/mol. The number of thiophene rings is 1. The zero-order valence-corrected chi connectivity index (χ0v) is 24.5. The Balaban J connectivity index is 0.00000165. The van der Waals surface area contributed by atoms with Gasteiger partial charge in [0.15, 0.2) is 5.82 Å². The van der Waals surface area contributed by atoms with E-state index >= 15 is 4.39 Å². The van der Waals surface area contributed by atoms with Crippen molar-refractivity contribution in [3.05, 3.63) is 101 Å². The molecule has 8 heteroatoms. The van der Waals surface area contributed by atoms with Crippen LogP contribution in [0.25, 0.3) is 39.1 Å². The number of nitrogens with one attached hydrogen (secondary N) is 3. The molecular formula is C33H35FN6S. The van der Waals surface area contributed by atoms with Gasteiger partial charge in [-0.05, 0) is 55.3 Å². The van der Waals surface area contributed by atoms with E-state index in [2.05, 4.69) is 38.6 Å². The number of hydrogen-bond donors (Lipinski definition) is 3. The number of rotatable bonds is 8. The van der Waals surface area contributed by atoms with Crippen molar-refractivity contribution in [2.24, 2.45) is 5.92 Å². The van der Waals surface area contributed by atoms with Crippen LogP contribution in [0.1, 0.15) is 55.8 Å². The van der Waals surface area contributed by atoms with Crippen molar-refractivity contribution in [1.29, 1.82) is 0 Å².